The predicted octanol–water partition coefficient (Wildman–Crippen LogP) is -1.99. The van der Waals surface area contributed by atoms with Crippen LogP contribution in [0.2, 0.25) is 0 Å². The van der Waals surface area contributed by atoms with E-state index in [2.05, 4.69) is 20.7 Å². The first kappa shape index (κ1) is 13.6. The fraction of sp³-hybridized carbons (Fsp3) is 0.200. The fourth-order valence-electron chi connectivity index (χ4n) is 0.427. The molecule has 0 bridgehead atoms. The van der Waals surface area contributed by atoms with Crippen LogP contribution in [-0.2, 0) is 4.79 Å². The second-order valence-corrected chi connectivity index (χ2v) is 1.41. The molecule has 0 aromatic carbocycles. The number of anilines is 3. The van der Waals surface area contributed by atoms with Crippen molar-refractivity contribution in [2.75, 3.05) is 24.2 Å². The van der Waals surface area contributed by atoms with Gasteiger partial charge in [-0.25, -0.2) is 0 Å². The van der Waals surface area contributed by atoms with Gasteiger partial charge in [-0.15, -0.1) is 0 Å². The van der Waals surface area contributed by atoms with E-state index in [1.165, 1.54) is 7.05 Å². The maximum Gasteiger partial charge on any atom is 0.226 e. The fourth-order valence-corrected chi connectivity index (χ4v) is 0.427. The summed E-state index contributed by atoms with van der Waals surface area (Å²) in [4.78, 5) is 18.5. The van der Waals surface area contributed by atoms with Crippen molar-refractivity contribution in [2.24, 2.45) is 5.73 Å². The highest BCUT2D eigenvalue weighted by atomic mass is 16.1. The van der Waals surface area contributed by atoms with E-state index >= 15 is 0 Å². The molecular formula is C5H13N7O. The molecule has 1 aromatic heterocycles. The standard InChI is InChI=1S/C3H6N6.CH5N.CH2O/c4-1-7-2(5)9-3(6)8-1;2*1-2/h(H6,4,5,6,7,8,9);2H2,1H3;1H2. The highest BCUT2D eigenvalue weighted by Crippen LogP contribution is 1.97. The summed E-state index contributed by atoms with van der Waals surface area (Å²) in [5, 5.41) is 0. The normalized spacial score (nSPS) is 7.23. The molecule has 13 heavy (non-hydrogen) atoms. The first-order valence-electron chi connectivity index (χ1n) is 3.07. The van der Waals surface area contributed by atoms with E-state index in [0.717, 1.165) is 0 Å². The molecule has 0 fully saturated rings. The van der Waals surface area contributed by atoms with E-state index in [0.29, 0.717) is 0 Å². The van der Waals surface area contributed by atoms with E-state index in [-0.39, 0.29) is 17.8 Å². The third-order valence-electron chi connectivity index (χ3n) is 0.687. The second kappa shape index (κ2) is 8.14. The summed E-state index contributed by atoms with van der Waals surface area (Å²) < 4.78 is 0. The SMILES string of the molecule is C=O.CN.Nc1nc(N)nc(N)n1. The quantitative estimate of drug-likeness (QED) is 0.363. The van der Waals surface area contributed by atoms with Crippen molar-refractivity contribution in [3.63, 3.8) is 0 Å². The van der Waals surface area contributed by atoms with Crippen LogP contribution in [0.15, 0.2) is 0 Å². The topological polar surface area (TPSA) is 160 Å². The van der Waals surface area contributed by atoms with Crippen LogP contribution in [0.5, 0.6) is 0 Å². The van der Waals surface area contributed by atoms with Gasteiger partial charge in [-0.3, -0.25) is 0 Å². The molecule has 8 heteroatoms. The molecule has 0 unspecified atom stereocenters. The Balaban J connectivity index is 0. The molecule has 1 rings (SSSR count). The summed E-state index contributed by atoms with van der Waals surface area (Å²) in [6.07, 6.45) is 0. The van der Waals surface area contributed by atoms with Gasteiger partial charge in [0.15, 0.2) is 0 Å². The van der Waals surface area contributed by atoms with Gasteiger partial charge >= 0.3 is 0 Å². The lowest BCUT2D eigenvalue weighted by Gasteiger charge is -1.93. The van der Waals surface area contributed by atoms with Crippen LogP contribution >= 0.6 is 0 Å². The van der Waals surface area contributed by atoms with Crippen LogP contribution in [0.4, 0.5) is 17.8 Å². The van der Waals surface area contributed by atoms with Gasteiger partial charge in [0, 0.05) is 0 Å². The highest BCUT2D eigenvalue weighted by Gasteiger charge is 1.93. The van der Waals surface area contributed by atoms with E-state index in [9.17, 15) is 0 Å². The number of carbonyl (C=O) groups excluding carboxylic acids is 1. The van der Waals surface area contributed by atoms with Crippen LogP contribution < -0.4 is 22.9 Å². The summed E-state index contributed by atoms with van der Waals surface area (Å²) in [6.45, 7) is 2.00. The van der Waals surface area contributed by atoms with Crippen molar-refractivity contribution in [2.45, 2.75) is 0 Å². The number of nitrogens with two attached hydrogens (primary N) is 4. The number of aromatic nitrogens is 3. The Labute approximate surface area is 75.4 Å². The Hall–Kier alpha value is -1.96. The molecule has 0 aliphatic carbocycles. The number of hydrogen-bond acceptors (Lipinski definition) is 8. The van der Waals surface area contributed by atoms with Crippen molar-refractivity contribution in [3.05, 3.63) is 0 Å². The molecule has 8 nitrogen and oxygen atoms in total. The molecule has 0 radical (unpaired) electrons. The summed E-state index contributed by atoms with van der Waals surface area (Å²) in [6, 6.07) is 0. The van der Waals surface area contributed by atoms with E-state index in [1.807, 2.05) is 6.79 Å². The molecule has 0 atom stereocenters. The zero-order valence-electron chi connectivity index (χ0n) is 7.27. The highest BCUT2D eigenvalue weighted by molar-refractivity contribution is 5.33. The number of hydrogen-bond donors (Lipinski definition) is 4. The Bertz CT molecular complexity index is 190. The van der Waals surface area contributed by atoms with Crippen molar-refractivity contribution in [1.82, 2.24) is 15.0 Å². The summed E-state index contributed by atoms with van der Waals surface area (Å²) in [7, 11) is 1.50. The monoisotopic (exact) mass is 187 g/mol. The zero-order chi connectivity index (χ0) is 10.9. The molecule has 0 saturated carbocycles. The van der Waals surface area contributed by atoms with E-state index in [1.54, 1.807) is 0 Å². The van der Waals surface area contributed by atoms with Crippen molar-refractivity contribution >= 4 is 24.6 Å². The molecule has 1 heterocycles. The first-order valence-corrected chi connectivity index (χ1v) is 3.07. The molecule has 74 valence electrons. The number of nitrogen functional groups attached to an aromatic ring is 3. The molecule has 0 amide bonds. The Morgan fingerprint density at radius 1 is 0.846 bits per heavy atom. The van der Waals surface area contributed by atoms with Crippen LogP contribution in [-0.4, -0.2) is 28.8 Å². The third kappa shape index (κ3) is 6.44. The maximum absolute atomic E-state index is 8.00. The maximum atomic E-state index is 8.00. The van der Waals surface area contributed by atoms with Crippen LogP contribution in [0.25, 0.3) is 0 Å². The van der Waals surface area contributed by atoms with Crippen molar-refractivity contribution in [1.29, 1.82) is 0 Å². The van der Waals surface area contributed by atoms with Gasteiger partial charge < -0.3 is 27.7 Å². The average Bonchev–Trinajstić information content (AvgIpc) is 2.09. The van der Waals surface area contributed by atoms with Gasteiger partial charge in [-0.1, -0.05) is 0 Å². The number of carbonyl (C=O) groups is 1. The van der Waals surface area contributed by atoms with Crippen LogP contribution in [0, 0.1) is 0 Å². The smallest absolute Gasteiger partial charge is 0.226 e. The van der Waals surface area contributed by atoms with Crippen molar-refractivity contribution in [3.8, 4) is 0 Å². The molecule has 8 N–H and O–H groups in total. The molecule has 0 aliphatic rings. The van der Waals surface area contributed by atoms with Crippen LogP contribution in [0.1, 0.15) is 0 Å². The van der Waals surface area contributed by atoms with Crippen molar-refractivity contribution < 1.29 is 4.79 Å². The van der Waals surface area contributed by atoms with Gasteiger partial charge in [0.25, 0.3) is 0 Å². The number of rotatable bonds is 0. The summed E-state index contributed by atoms with van der Waals surface area (Å²) >= 11 is 0. The minimum Gasteiger partial charge on any atom is -0.368 e. The zero-order valence-corrected chi connectivity index (χ0v) is 7.27. The van der Waals surface area contributed by atoms with Gasteiger partial charge in [-0.2, -0.15) is 15.0 Å². The van der Waals surface area contributed by atoms with Gasteiger partial charge in [0.05, 0.1) is 0 Å². The first-order chi connectivity index (χ1) is 6.18. The molecule has 1 aromatic rings. The minimum absolute atomic E-state index is 0.0417. The molecule has 0 spiro atoms. The molecule has 0 aliphatic heterocycles. The third-order valence-corrected chi connectivity index (χ3v) is 0.687. The lowest BCUT2D eigenvalue weighted by Crippen LogP contribution is -2.05. The molecule has 0 saturated heterocycles. The lowest BCUT2D eigenvalue weighted by molar-refractivity contribution is -0.0979. The van der Waals surface area contributed by atoms with E-state index < -0.39 is 0 Å². The Morgan fingerprint density at radius 2 is 1.00 bits per heavy atom. The lowest BCUT2D eigenvalue weighted by atomic mass is 10.9. The predicted molar refractivity (Wildman–Crippen MR) is 50.3 cm³/mol. The van der Waals surface area contributed by atoms with Crippen LogP contribution in [0.3, 0.4) is 0 Å². The molecular weight excluding hydrogens is 174 g/mol. The average molecular weight is 187 g/mol. The van der Waals surface area contributed by atoms with Gasteiger partial charge in [-0.05, 0) is 7.05 Å². The number of nitrogens with zero attached hydrogens (tertiary/aromatic N) is 3. The second-order valence-electron chi connectivity index (χ2n) is 1.41. The Kier molecular flexibility index (Phi) is 8.53. The van der Waals surface area contributed by atoms with Gasteiger partial charge in [0.1, 0.15) is 6.79 Å². The Morgan fingerprint density at radius 3 is 1.15 bits per heavy atom. The largest absolute Gasteiger partial charge is 0.368 e. The van der Waals surface area contributed by atoms with Gasteiger partial charge in [0.2, 0.25) is 17.8 Å². The summed E-state index contributed by atoms with van der Waals surface area (Å²) in [5.41, 5.74) is 19.9. The minimum atomic E-state index is 0.0417. The summed E-state index contributed by atoms with van der Waals surface area (Å²) in [5.74, 6) is 0.125. The van der Waals surface area contributed by atoms with E-state index in [4.69, 9.17) is 22.0 Å².